The molecule has 3 aromatic rings. The summed E-state index contributed by atoms with van der Waals surface area (Å²) in [6, 6.07) is 10.6. The first-order valence-corrected chi connectivity index (χ1v) is 9.46. The van der Waals surface area contributed by atoms with E-state index in [0.29, 0.717) is 33.9 Å². The number of anilines is 1. The number of halogens is 1. The summed E-state index contributed by atoms with van der Waals surface area (Å²) in [5, 5.41) is 3.39. The molecule has 2 atom stereocenters. The van der Waals surface area contributed by atoms with Gasteiger partial charge in [0.25, 0.3) is 5.91 Å². The summed E-state index contributed by atoms with van der Waals surface area (Å²) in [5.74, 6) is 1.43. The van der Waals surface area contributed by atoms with Crippen molar-refractivity contribution < 1.29 is 9.53 Å². The van der Waals surface area contributed by atoms with Crippen LogP contribution in [-0.2, 0) is 0 Å². The highest BCUT2D eigenvalue weighted by Gasteiger charge is 2.39. The Labute approximate surface area is 161 Å². The van der Waals surface area contributed by atoms with Crippen LogP contribution in [0.5, 0.6) is 5.75 Å². The molecular formula is C21H18ClN3O2. The first kappa shape index (κ1) is 16.5. The van der Waals surface area contributed by atoms with Gasteiger partial charge in [0.15, 0.2) is 0 Å². The Kier molecular flexibility index (Phi) is 3.79. The molecule has 2 aliphatic carbocycles. The van der Waals surface area contributed by atoms with Crippen LogP contribution in [0.2, 0.25) is 5.02 Å². The Morgan fingerprint density at radius 1 is 1.07 bits per heavy atom. The summed E-state index contributed by atoms with van der Waals surface area (Å²) in [7, 11) is 1.55. The number of carbonyl (C=O) groups is 1. The lowest BCUT2D eigenvalue weighted by atomic mass is 10.00. The lowest BCUT2D eigenvalue weighted by Crippen LogP contribution is -2.13. The fourth-order valence-electron chi connectivity index (χ4n) is 4.27. The predicted molar refractivity (Wildman–Crippen MR) is 105 cm³/mol. The quantitative estimate of drug-likeness (QED) is 0.702. The van der Waals surface area contributed by atoms with Crippen molar-refractivity contribution in [3.63, 3.8) is 0 Å². The van der Waals surface area contributed by atoms with Crippen molar-refractivity contribution >= 4 is 34.2 Å². The second-order valence-corrected chi connectivity index (χ2v) is 7.64. The van der Waals surface area contributed by atoms with Crippen LogP contribution in [-0.4, -0.2) is 23.0 Å². The standard InChI is InChI=1S/C21H18ClN3O2/c1-27-18-7-5-14(22)10-17(18)25-21(26)13-4-6-15-16(9-13)24-20-12-3-2-11(8-12)19(20)23-15/h4-7,9-12H,2-3,8H2,1H3,(H,25,26). The number of amides is 1. The van der Waals surface area contributed by atoms with Crippen LogP contribution >= 0.6 is 11.6 Å². The number of hydrogen-bond acceptors (Lipinski definition) is 4. The van der Waals surface area contributed by atoms with E-state index in [1.165, 1.54) is 25.0 Å². The van der Waals surface area contributed by atoms with E-state index in [0.717, 1.165) is 16.7 Å². The van der Waals surface area contributed by atoms with Crippen LogP contribution in [0.15, 0.2) is 36.4 Å². The van der Waals surface area contributed by atoms with Crippen molar-refractivity contribution in [3.05, 3.63) is 58.4 Å². The molecule has 0 spiro atoms. The Bertz CT molecular complexity index is 1080. The molecule has 1 N–H and O–H groups in total. The lowest BCUT2D eigenvalue weighted by molar-refractivity contribution is 0.102. The minimum atomic E-state index is -0.235. The van der Waals surface area contributed by atoms with E-state index in [2.05, 4.69) is 5.32 Å². The number of rotatable bonds is 3. The maximum atomic E-state index is 12.7. The SMILES string of the molecule is COc1ccc(Cl)cc1NC(=O)c1ccc2nc3c(nc2c1)C1CCC3C1. The van der Waals surface area contributed by atoms with Crippen LogP contribution in [0.3, 0.4) is 0 Å². The van der Waals surface area contributed by atoms with Crippen LogP contribution in [0.4, 0.5) is 5.69 Å². The van der Waals surface area contributed by atoms with Gasteiger partial charge in [-0.15, -0.1) is 0 Å². The van der Waals surface area contributed by atoms with Gasteiger partial charge in [-0.2, -0.15) is 0 Å². The molecule has 2 aliphatic rings. The zero-order valence-corrected chi connectivity index (χ0v) is 15.6. The third kappa shape index (κ3) is 2.73. The predicted octanol–water partition coefficient (Wildman–Crippen LogP) is 4.91. The summed E-state index contributed by atoms with van der Waals surface area (Å²) in [5.41, 5.74) is 4.98. The van der Waals surface area contributed by atoms with E-state index in [1.807, 2.05) is 6.07 Å². The minimum Gasteiger partial charge on any atom is -0.495 e. The number of carbonyl (C=O) groups excluding carboxylic acids is 1. The topological polar surface area (TPSA) is 64.1 Å². The number of nitrogens with zero attached hydrogens (tertiary/aromatic N) is 2. The zero-order chi connectivity index (χ0) is 18.5. The normalized spacial score (nSPS) is 19.9. The number of benzene rings is 2. The van der Waals surface area contributed by atoms with E-state index >= 15 is 0 Å². The van der Waals surface area contributed by atoms with Crippen LogP contribution in [0.25, 0.3) is 11.0 Å². The first-order valence-electron chi connectivity index (χ1n) is 9.09. The summed E-state index contributed by atoms with van der Waals surface area (Å²) < 4.78 is 5.29. The van der Waals surface area contributed by atoms with Crippen molar-refractivity contribution in [1.82, 2.24) is 9.97 Å². The van der Waals surface area contributed by atoms with E-state index in [4.69, 9.17) is 26.3 Å². The molecular weight excluding hydrogens is 362 g/mol. The molecule has 5 nitrogen and oxygen atoms in total. The van der Waals surface area contributed by atoms with E-state index < -0.39 is 0 Å². The molecule has 2 bridgehead atoms. The molecule has 1 aromatic heterocycles. The largest absolute Gasteiger partial charge is 0.495 e. The molecule has 0 aliphatic heterocycles. The summed E-state index contributed by atoms with van der Waals surface area (Å²) >= 11 is 6.04. The minimum absolute atomic E-state index is 0.235. The van der Waals surface area contributed by atoms with Gasteiger partial charge < -0.3 is 10.1 Å². The van der Waals surface area contributed by atoms with Crippen LogP contribution in [0.1, 0.15) is 52.8 Å². The average Bonchev–Trinajstić information content (AvgIpc) is 3.28. The van der Waals surface area contributed by atoms with Crippen LogP contribution < -0.4 is 10.1 Å². The molecule has 1 saturated carbocycles. The van der Waals surface area contributed by atoms with Gasteiger partial charge in [-0.3, -0.25) is 4.79 Å². The van der Waals surface area contributed by atoms with Gasteiger partial charge in [0.2, 0.25) is 0 Å². The monoisotopic (exact) mass is 379 g/mol. The molecule has 27 heavy (non-hydrogen) atoms. The van der Waals surface area contributed by atoms with E-state index in [9.17, 15) is 4.79 Å². The molecule has 2 aromatic carbocycles. The van der Waals surface area contributed by atoms with Gasteiger partial charge in [-0.25, -0.2) is 9.97 Å². The van der Waals surface area contributed by atoms with Gasteiger partial charge in [0, 0.05) is 22.4 Å². The number of ether oxygens (including phenoxy) is 1. The van der Waals surface area contributed by atoms with Crippen LogP contribution in [0, 0.1) is 0 Å². The Morgan fingerprint density at radius 2 is 1.81 bits per heavy atom. The summed E-state index contributed by atoms with van der Waals surface area (Å²) in [6.07, 6.45) is 3.60. The lowest BCUT2D eigenvalue weighted by Gasteiger charge is -2.14. The molecule has 0 radical (unpaired) electrons. The van der Waals surface area contributed by atoms with Crippen molar-refractivity contribution in [2.45, 2.75) is 31.1 Å². The second-order valence-electron chi connectivity index (χ2n) is 7.20. The average molecular weight is 380 g/mol. The maximum absolute atomic E-state index is 12.7. The number of nitrogens with one attached hydrogen (secondary N) is 1. The number of fused-ring (bicyclic) bond motifs is 6. The van der Waals surface area contributed by atoms with Gasteiger partial charge in [-0.05, 0) is 55.7 Å². The van der Waals surface area contributed by atoms with Crippen molar-refractivity contribution in [2.75, 3.05) is 12.4 Å². The van der Waals surface area contributed by atoms with E-state index in [-0.39, 0.29) is 5.91 Å². The highest BCUT2D eigenvalue weighted by atomic mass is 35.5. The van der Waals surface area contributed by atoms with Crippen molar-refractivity contribution in [3.8, 4) is 5.75 Å². The van der Waals surface area contributed by atoms with Crippen molar-refractivity contribution in [1.29, 1.82) is 0 Å². The number of methoxy groups -OCH3 is 1. The highest BCUT2D eigenvalue weighted by Crippen LogP contribution is 2.51. The molecule has 1 heterocycles. The number of hydrogen-bond donors (Lipinski definition) is 1. The highest BCUT2D eigenvalue weighted by molar-refractivity contribution is 6.31. The smallest absolute Gasteiger partial charge is 0.255 e. The molecule has 1 amide bonds. The Hall–Kier alpha value is -2.66. The molecule has 2 unspecified atom stereocenters. The third-order valence-electron chi connectivity index (χ3n) is 5.60. The van der Waals surface area contributed by atoms with E-state index in [1.54, 1.807) is 37.4 Å². The first-order chi connectivity index (χ1) is 13.1. The van der Waals surface area contributed by atoms with Gasteiger partial charge in [0.05, 0.1) is 35.2 Å². The van der Waals surface area contributed by atoms with Gasteiger partial charge in [0.1, 0.15) is 5.75 Å². The van der Waals surface area contributed by atoms with Crippen molar-refractivity contribution in [2.24, 2.45) is 0 Å². The molecule has 5 rings (SSSR count). The molecule has 0 saturated heterocycles. The fourth-order valence-corrected chi connectivity index (χ4v) is 4.45. The molecule has 1 fully saturated rings. The molecule has 6 heteroatoms. The summed E-state index contributed by atoms with van der Waals surface area (Å²) in [6.45, 7) is 0. The fraction of sp³-hybridized carbons (Fsp3) is 0.286. The van der Waals surface area contributed by atoms with Gasteiger partial charge in [-0.1, -0.05) is 11.6 Å². The molecule has 136 valence electrons. The zero-order valence-electron chi connectivity index (χ0n) is 14.8. The maximum Gasteiger partial charge on any atom is 0.255 e. The Morgan fingerprint density at radius 3 is 2.56 bits per heavy atom. The number of aromatic nitrogens is 2. The Balaban J connectivity index is 1.48. The second kappa shape index (κ2) is 6.20. The third-order valence-corrected chi connectivity index (χ3v) is 5.83. The summed E-state index contributed by atoms with van der Waals surface area (Å²) in [4.78, 5) is 22.4. The van der Waals surface area contributed by atoms with Gasteiger partial charge >= 0.3 is 0 Å².